The zero-order valence-corrected chi connectivity index (χ0v) is 10.0. The Morgan fingerprint density at radius 1 is 1.21 bits per heavy atom. The van der Waals surface area contributed by atoms with Gasteiger partial charge in [0.1, 0.15) is 0 Å². The molecule has 0 fully saturated rings. The van der Waals surface area contributed by atoms with E-state index in [9.17, 15) is 4.79 Å². The first-order chi connectivity index (χ1) is 9.24. The van der Waals surface area contributed by atoms with Gasteiger partial charge in [0.25, 0.3) is 0 Å². The molecule has 0 saturated heterocycles. The number of nitrogens with zero attached hydrogens (tertiary/aromatic N) is 3. The lowest BCUT2D eigenvalue weighted by Gasteiger charge is -2.06. The number of carboxylic acid groups (broad SMARTS) is 1. The lowest BCUT2D eigenvalue weighted by Crippen LogP contribution is -1.99. The molecule has 1 aromatic carbocycles. The number of hydrogen-bond acceptors (Lipinski definition) is 3. The molecular weight excluding hydrogens is 242 g/mol. The van der Waals surface area contributed by atoms with Gasteiger partial charge >= 0.3 is 5.97 Å². The fraction of sp³-hybridized carbons (Fsp3) is 0.0714. The third-order valence-corrected chi connectivity index (χ3v) is 2.94. The summed E-state index contributed by atoms with van der Waals surface area (Å²) in [5, 5.41) is 9.92. The Morgan fingerprint density at radius 3 is 2.84 bits per heavy atom. The smallest absolute Gasteiger partial charge is 0.356 e. The highest BCUT2D eigenvalue weighted by molar-refractivity contribution is 5.85. The van der Waals surface area contributed by atoms with Gasteiger partial charge in [-0.3, -0.25) is 4.98 Å². The Balaban J connectivity index is 1.98. The molecule has 5 nitrogen and oxygen atoms in total. The van der Waals surface area contributed by atoms with Crippen LogP contribution in [0.3, 0.4) is 0 Å². The van der Waals surface area contributed by atoms with E-state index >= 15 is 0 Å². The monoisotopic (exact) mass is 253 g/mol. The fourth-order valence-electron chi connectivity index (χ4n) is 2.05. The third-order valence-electron chi connectivity index (χ3n) is 2.94. The molecule has 0 aliphatic carbocycles. The van der Waals surface area contributed by atoms with Crippen molar-refractivity contribution in [3.8, 4) is 0 Å². The average molecular weight is 253 g/mol. The van der Waals surface area contributed by atoms with Gasteiger partial charge in [-0.25, -0.2) is 9.78 Å². The van der Waals surface area contributed by atoms with E-state index in [0.29, 0.717) is 6.54 Å². The van der Waals surface area contributed by atoms with Gasteiger partial charge in [-0.15, -0.1) is 0 Å². The SMILES string of the molecule is O=C(O)c1cn(Cc2ccnc3ccccc23)cn1. The number of carboxylic acids is 1. The predicted molar refractivity (Wildman–Crippen MR) is 70.0 cm³/mol. The van der Waals surface area contributed by atoms with E-state index in [1.165, 1.54) is 12.5 Å². The molecule has 0 spiro atoms. The number of fused-ring (bicyclic) bond motifs is 1. The Morgan fingerprint density at radius 2 is 2.05 bits per heavy atom. The molecule has 2 aromatic heterocycles. The van der Waals surface area contributed by atoms with Gasteiger partial charge in [0.05, 0.1) is 11.8 Å². The Hall–Kier alpha value is -2.69. The van der Waals surface area contributed by atoms with E-state index in [-0.39, 0.29) is 5.69 Å². The van der Waals surface area contributed by atoms with Gasteiger partial charge in [0.15, 0.2) is 5.69 Å². The highest BCUT2D eigenvalue weighted by Crippen LogP contribution is 2.17. The molecule has 1 N–H and O–H groups in total. The second kappa shape index (κ2) is 4.53. The van der Waals surface area contributed by atoms with Crippen molar-refractivity contribution in [2.24, 2.45) is 0 Å². The summed E-state index contributed by atoms with van der Waals surface area (Å²) < 4.78 is 1.76. The van der Waals surface area contributed by atoms with Crippen LogP contribution < -0.4 is 0 Å². The van der Waals surface area contributed by atoms with Gasteiger partial charge in [-0.2, -0.15) is 0 Å². The summed E-state index contributed by atoms with van der Waals surface area (Å²) in [5.74, 6) is -1.02. The van der Waals surface area contributed by atoms with Crippen LogP contribution in [0, 0.1) is 0 Å². The topological polar surface area (TPSA) is 68.0 Å². The van der Waals surface area contributed by atoms with Crippen molar-refractivity contribution < 1.29 is 9.90 Å². The molecule has 0 atom stereocenters. The summed E-state index contributed by atoms with van der Waals surface area (Å²) in [6, 6.07) is 9.80. The number of carbonyl (C=O) groups is 1. The number of rotatable bonds is 3. The van der Waals surface area contributed by atoms with E-state index in [1.54, 1.807) is 10.8 Å². The summed E-state index contributed by atoms with van der Waals surface area (Å²) in [7, 11) is 0. The lowest BCUT2D eigenvalue weighted by molar-refractivity contribution is 0.0691. The highest BCUT2D eigenvalue weighted by Gasteiger charge is 2.07. The first-order valence-corrected chi connectivity index (χ1v) is 5.82. The van der Waals surface area contributed by atoms with Gasteiger partial charge in [-0.05, 0) is 17.7 Å². The molecule has 0 unspecified atom stereocenters. The first kappa shape index (κ1) is 11.4. The van der Waals surface area contributed by atoms with Crippen molar-refractivity contribution in [2.45, 2.75) is 6.54 Å². The molecule has 0 radical (unpaired) electrons. The minimum Gasteiger partial charge on any atom is -0.476 e. The van der Waals surface area contributed by atoms with Crippen LogP contribution in [0.1, 0.15) is 16.1 Å². The quantitative estimate of drug-likeness (QED) is 0.776. The van der Waals surface area contributed by atoms with E-state index in [1.807, 2.05) is 30.3 Å². The summed E-state index contributed by atoms with van der Waals surface area (Å²) in [5.41, 5.74) is 2.07. The van der Waals surface area contributed by atoms with Gasteiger partial charge in [-0.1, -0.05) is 18.2 Å². The standard InChI is InChI=1S/C14H11N3O2/c18-14(19)13-8-17(9-16-13)7-10-5-6-15-12-4-2-1-3-11(10)12/h1-6,8-9H,7H2,(H,18,19). The maximum Gasteiger partial charge on any atom is 0.356 e. The van der Waals surface area contributed by atoms with Crippen molar-refractivity contribution in [3.05, 3.63) is 60.3 Å². The molecule has 19 heavy (non-hydrogen) atoms. The van der Waals surface area contributed by atoms with E-state index < -0.39 is 5.97 Å². The van der Waals surface area contributed by atoms with Crippen LogP contribution in [0.4, 0.5) is 0 Å². The minimum absolute atomic E-state index is 0.0540. The lowest BCUT2D eigenvalue weighted by atomic mass is 10.1. The van der Waals surface area contributed by atoms with Crippen LogP contribution in [0.25, 0.3) is 10.9 Å². The number of hydrogen-bond donors (Lipinski definition) is 1. The summed E-state index contributed by atoms with van der Waals surface area (Å²) in [6.07, 6.45) is 4.81. The van der Waals surface area contributed by atoms with Crippen LogP contribution in [0.2, 0.25) is 0 Å². The number of pyridine rings is 1. The summed E-state index contributed by atoms with van der Waals surface area (Å²) in [4.78, 5) is 18.9. The van der Waals surface area contributed by atoms with Crippen molar-refractivity contribution in [2.75, 3.05) is 0 Å². The molecule has 0 bridgehead atoms. The van der Waals surface area contributed by atoms with Gasteiger partial charge in [0, 0.05) is 24.3 Å². The average Bonchev–Trinajstić information content (AvgIpc) is 2.88. The maximum absolute atomic E-state index is 10.8. The van der Waals surface area contributed by atoms with Gasteiger partial charge in [0.2, 0.25) is 0 Å². The van der Waals surface area contributed by atoms with Crippen LogP contribution in [0.5, 0.6) is 0 Å². The summed E-state index contributed by atoms with van der Waals surface area (Å²) >= 11 is 0. The highest BCUT2D eigenvalue weighted by atomic mass is 16.4. The van der Waals surface area contributed by atoms with E-state index in [0.717, 1.165) is 16.5 Å². The minimum atomic E-state index is -1.02. The Kier molecular flexibility index (Phi) is 2.72. The first-order valence-electron chi connectivity index (χ1n) is 5.82. The molecule has 0 amide bonds. The fourth-order valence-corrected chi connectivity index (χ4v) is 2.05. The van der Waals surface area contributed by atoms with Crippen molar-refractivity contribution in [1.29, 1.82) is 0 Å². The zero-order chi connectivity index (χ0) is 13.2. The van der Waals surface area contributed by atoms with Crippen molar-refractivity contribution in [3.63, 3.8) is 0 Å². The number of benzene rings is 1. The van der Waals surface area contributed by atoms with Crippen molar-refractivity contribution >= 4 is 16.9 Å². The number of aromatic carboxylic acids is 1. The second-order valence-corrected chi connectivity index (χ2v) is 4.22. The molecule has 2 heterocycles. The molecular formula is C14H11N3O2. The molecule has 0 saturated carbocycles. The van der Waals surface area contributed by atoms with Crippen LogP contribution >= 0.6 is 0 Å². The molecule has 3 rings (SSSR count). The number of para-hydroxylation sites is 1. The predicted octanol–water partition coefficient (Wildman–Crippen LogP) is 2.18. The number of aromatic nitrogens is 3. The zero-order valence-electron chi connectivity index (χ0n) is 10.0. The molecule has 0 aliphatic rings. The van der Waals surface area contributed by atoms with E-state index in [4.69, 9.17) is 5.11 Å². The van der Waals surface area contributed by atoms with Crippen LogP contribution in [0.15, 0.2) is 49.1 Å². The third kappa shape index (κ3) is 2.18. The Labute approximate surface area is 109 Å². The van der Waals surface area contributed by atoms with E-state index in [2.05, 4.69) is 9.97 Å². The van der Waals surface area contributed by atoms with Crippen LogP contribution in [-0.2, 0) is 6.54 Å². The Bertz CT molecular complexity index is 744. The van der Waals surface area contributed by atoms with Crippen molar-refractivity contribution in [1.82, 2.24) is 14.5 Å². The number of imidazole rings is 1. The van der Waals surface area contributed by atoms with Crippen LogP contribution in [-0.4, -0.2) is 25.6 Å². The normalized spacial score (nSPS) is 10.7. The largest absolute Gasteiger partial charge is 0.476 e. The molecule has 94 valence electrons. The summed E-state index contributed by atoms with van der Waals surface area (Å²) in [6.45, 7) is 0.573. The maximum atomic E-state index is 10.8. The second-order valence-electron chi connectivity index (χ2n) is 4.22. The van der Waals surface area contributed by atoms with Gasteiger partial charge < -0.3 is 9.67 Å². The molecule has 0 aliphatic heterocycles. The molecule has 5 heteroatoms. The molecule has 3 aromatic rings.